The molecule has 1 aliphatic heterocycles. The first kappa shape index (κ1) is 12.4. The average molecular weight is 235 g/mol. The molecule has 1 saturated carbocycles. The van der Waals surface area contributed by atoms with Gasteiger partial charge in [0.2, 0.25) is 5.91 Å². The number of carbonyl (C=O) groups excluding carboxylic acids is 1. The van der Waals surface area contributed by atoms with Crippen LogP contribution in [-0.4, -0.2) is 36.5 Å². The molecule has 4 heteroatoms. The lowest BCUT2D eigenvalue weighted by atomic mass is 9.94. The Morgan fingerprint density at radius 3 is 2.88 bits per heavy atom. The molecule has 1 amide bonds. The van der Waals surface area contributed by atoms with E-state index >= 15 is 0 Å². The predicted octanol–water partition coefficient (Wildman–Crippen LogP) is 1.28. The van der Waals surface area contributed by atoms with Crippen molar-refractivity contribution < 1.29 is 4.79 Å². The smallest absolute Gasteiger partial charge is 0.221 e. The molecule has 1 N–H and O–H groups in total. The van der Waals surface area contributed by atoms with Crippen LogP contribution in [0.4, 0.5) is 0 Å². The zero-order valence-corrected chi connectivity index (χ0v) is 10.3. The molecule has 1 heterocycles. The molecular formula is C13H21N3O. The Morgan fingerprint density at radius 1 is 1.24 bits per heavy atom. The van der Waals surface area contributed by atoms with Gasteiger partial charge in [-0.2, -0.15) is 5.26 Å². The highest BCUT2D eigenvalue weighted by atomic mass is 16.1. The number of rotatable bonds is 1. The van der Waals surface area contributed by atoms with Crippen LogP contribution in [0.5, 0.6) is 0 Å². The van der Waals surface area contributed by atoms with E-state index in [2.05, 4.69) is 16.3 Å². The SMILES string of the molecule is N#CC1CCCCCC1N1CCNC(=O)CC1. The van der Waals surface area contributed by atoms with Gasteiger partial charge in [-0.1, -0.05) is 19.3 Å². The third-order valence-corrected chi connectivity index (χ3v) is 3.96. The molecule has 94 valence electrons. The predicted molar refractivity (Wildman–Crippen MR) is 65.2 cm³/mol. The molecule has 2 aliphatic rings. The van der Waals surface area contributed by atoms with Crippen LogP contribution >= 0.6 is 0 Å². The first-order valence-corrected chi connectivity index (χ1v) is 6.71. The lowest BCUT2D eigenvalue weighted by molar-refractivity contribution is -0.120. The van der Waals surface area contributed by atoms with E-state index in [9.17, 15) is 10.1 Å². The van der Waals surface area contributed by atoms with Gasteiger partial charge in [-0.15, -0.1) is 0 Å². The maximum atomic E-state index is 11.3. The highest BCUT2D eigenvalue weighted by Gasteiger charge is 2.29. The average Bonchev–Trinajstić information content (AvgIpc) is 2.68. The van der Waals surface area contributed by atoms with Gasteiger partial charge in [0.1, 0.15) is 0 Å². The van der Waals surface area contributed by atoms with Crippen LogP contribution in [0.25, 0.3) is 0 Å². The quantitative estimate of drug-likeness (QED) is 0.697. The number of hydrogen-bond acceptors (Lipinski definition) is 3. The van der Waals surface area contributed by atoms with E-state index in [1.54, 1.807) is 0 Å². The molecular weight excluding hydrogens is 214 g/mol. The van der Waals surface area contributed by atoms with Gasteiger partial charge >= 0.3 is 0 Å². The summed E-state index contributed by atoms with van der Waals surface area (Å²) in [4.78, 5) is 13.7. The molecule has 1 aliphatic carbocycles. The summed E-state index contributed by atoms with van der Waals surface area (Å²) in [6.45, 7) is 2.44. The van der Waals surface area contributed by atoms with E-state index in [-0.39, 0.29) is 11.8 Å². The lowest BCUT2D eigenvalue weighted by Gasteiger charge is -2.32. The van der Waals surface area contributed by atoms with Crippen molar-refractivity contribution in [2.24, 2.45) is 5.92 Å². The third kappa shape index (κ3) is 3.19. The summed E-state index contributed by atoms with van der Waals surface area (Å²) >= 11 is 0. The third-order valence-electron chi connectivity index (χ3n) is 3.96. The van der Waals surface area contributed by atoms with E-state index in [0.29, 0.717) is 12.5 Å². The fourth-order valence-electron chi connectivity index (χ4n) is 2.99. The zero-order valence-electron chi connectivity index (χ0n) is 10.3. The second-order valence-corrected chi connectivity index (χ2v) is 5.08. The second-order valence-electron chi connectivity index (χ2n) is 5.08. The van der Waals surface area contributed by atoms with E-state index in [1.807, 2.05) is 0 Å². The molecule has 0 aromatic rings. The van der Waals surface area contributed by atoms with Crippen LogP contribution < -0.4 is 5.32 Å². The molecule has 0 radical (unpaired) electrons. The van der Waals surface area contributed by atoms with Crippen LogP contribution in [0.1, 0.15) is 38.5 Å². The van der Waals surface area contributed by atoms with E-state index < -0.39 is 0 Å². The summed E-state index contributed by atoms with van der Waals surface area (Å²) in [5, 5.41) is 12.2. The molecule has 2 unspecified atom stereocenters. The van der Waals surface area contributed by atoms with E-state index in [0.717, 1.165) is 32.5 Å². The van der Waals surface area contributed by atoms with Crippen molar-refractivity contribution in [3.8, 4) is 6.07 Å². The highest BCUT2D eigenvalue weighted by Crippen LogP contribution is 2.27. The van der Waals surface area contributed by atoms with E-state index in [4.69, 9.17) is 0 Å². The summed E-state index contributed by atoms with van der Waals surface area (Å²) < 4.78 is 0. The second kappa shape index (κ2) is 6.02. The monoisotopic (exact) mass is 235 g/mol. The largest absolute Gasteiger partial charge is 0.355 e. The van der Waals surface area contributed by atoms with Crippen molar-refractivity contribution in [2.45, 2.75) is 44.6 Å². The van der Waals surface area contributed by atoms with Crippen LogP contribution in [-0.2, 0) is 4.79 Å². The van der Waals surface area contributed by atoms with Gasteiger partial charge in [0.05, 0.1) is 12.0 Å². The molecule has 4 nitrogen and oxygen atoms in total. The molecule has 1 saturated heterocycles. The van der Waals surface area contributed by atoms with Crippen molar-refractivity contribution in [3.63, 3.8) is 0 Å². The van der Waals surface area contributed by atoms with Gasteiger partial charge < -0.3 is 5.32 Å². The Hall–Kier alpha value is -1.08. The normalized spacial score (nSPS) is 32.1. The molecule has 17 heavy (non-hydrogen) atoms. The summed E-state index contributed by atoms with van der Waals surface area (Å²) in [7, 11) is 0. The Bertz CT molecular complexity index is 310. The van der Waals surface area contributed by atoms with Gasteiger partial charge in [0.25, 0.3) is 0 Å². The molecule has 0 aromatic carbocycles. The van der Waals surface area contributed by atoms with Gasteiger partial charge in [0.15, 0.2) is 0 Å². The maximum absolute atomic E-state index is 11.3. The Morgan fingerprint density at radius 2 is 2.06 bits per heavy atom. The Balaban J connectivity index is 2.02. The molecule has 0 bridgehead atoms. The minimum absolute atomic E-state index is 0.148. The van der Waals surface area contributed by atoms with Crippen molar-refractivity contribution in [2.75, 3.05) is 19.6 Å². The Kier molecular flexibility index (Phi) is 4.38. The fraction of sp³-hybridized carbons (Fsp3) is 0.846. The van der Waals surface area contributed by atoms with Crippen molar-refractivity contribution >= 4 is 5.91 Å². The van der Waals surface area contributed by atoms with Crippen molar-refractivity contribution in [1.82, 2.24) is 10.2 Å². The molecule has 2 atom stereocenters. The standard InChI is InChI=1S/C13H21N3O/c14-10-11-4-2-1-3-5-12(11)16-8-6-13(17)15-7-9-16/h11-12H,1-9H2,(H,15,17). The van der Waals surface area contributed by atoms with Gasteiger partial charge in [-0.25, -0.2) is 0 Å². The van der Waals surface area contributed by atoms with Crippen LogP contribution in [0, 0.1) is 17.2 Å². The topological polar surface area (TPSA) is 56.1 Å². The van der Waals surface area contributed by atoms with Crippen LogP contribution in [0.3, 0.4) is 0 Å². The summed E-state index contributed by atoms with van der Waals surface area (Å²) in [6, 6.07) is 2.85. The van der Waals surface area contributed by atoms with Gasteiger partial charge in [-0.05, 0) is 12.8 Å². The summed E-state index contributed by atoms with van der Waals surface area (Å²) in [5.41, 5.74) is 0. The number of nitrogens with one attached hydrogen (secondary N) is 1. The van der Waals surface area contributed by atoms with Crippen LogP contribution in [0.2, 0.25) is 0 Å². The Labute approximate surface area is 103 Å². The number of nitrogens with zero attached hydrogens (tertiary/aromatic N) is 2. The molecule has 2 rings (SSSR count). The number of hydrogen-bond donors (Lipinski definition) is 1. The number of nitriles is 1. The lowest BCUT2D eigenvalue weighted by Crippen LogP contribution is -2.41. The highest BCUT2D eigenvalue weighted by molar-refractivity contribution is 5.76. The summed E-state index contributed by atoms with van der Waals surface area (Å²) in [5.74, 6) is 0.306. The number of carbonyl (C=O) groups is 1. The molecule has 0 aromatic heterocycles. The molecule has 0 spiro atoms. The minimum Gasteiger partial charge on any atom is -0.355 e. The molecule has 2 fully saturated rings. The van der Waals surface area contributed by atoms with Crippen molar-refractivity contribution in [3.05, 3.63) is 0 Å². The first-order chi connectivity index (χ1) is 8.31. The van der Waals surface area contributed by atoms with E-state index in [1.165, 1.54) is 19.3 Å². The van der Waals surface area contributed by atoms with Crippen LogP contribution in [0.15, 0.2) is 0 Å². The van der Waals surface area contributed by atoms with Crippen molar-refractivity contribution in [1.29, 1.82) is 5.26 Å². The van der Waals surface area contributed by atoms with Gasteiger partial charge in [-0.3, -0.25) is 9.69 Å². The fourth-order valence-corrected chi connectivity index (χ4v) is 2.99. The first-order valence-electron chi connectivity index (χ1n) is 6.71. The minimum atomic E-state index is 0.148. The zero-order chi connectivity index (χ0) is 12.1. The maximum Gasteiger partial charge on any atom is 0.221 e. The summed E-state index contributed by atoms with van der Waals surface area (Å²) in [6.07, 6.45) is 6.38. The number of amides is 1. The van der Waals surface area contributed by atoms with Gasteiger partial charge in [0, 0.05) is 32.1 Å².